The van der Waals surface area contributed by atoms with Crippen molar-refractivity contribution in [2.75, 3.05) is 0 Å². The van der Waals surface area contributed by atoms with Gasteiger partial charge in [-0.3, -0.25) is 0 Å². The summed E-state index contributed by atoms with van der Waals surface area (Å²) >= 11 is 0. The zero-order valence-electron chi connectivity index (χ0n) is 34.7. The lowest BCUT2D eigenvalue weighted by Gasteiger charge is -2.12. The van der Waals surface area contributed by atoms with Crippen LogP contribution in [0.25, 0.3) is 111 Å². The van der Waals surface area contributed by atoms with Gasteiger partial charge in [0.1, 0.15) is 0 Å². The van der Waals surface area contributed by atoms with Gasteiger partial charge in [0.05, 0.1) is 31.9 Å². The van der Waals surface area contributed by atoms with Crippen LogP contribution in [0.1, 0.15) is 0 Å². The molecule has 0 N–H and O–H groups in total. The third-order valence-electron chi connectivity index (χ3n) is 12.7. The average molecular weight is 854 g/mol. The Morgan fingerprint density at radius 3 is 1.43 bits per heavy atom. The van der Waals surface area contributed by atoms with Crippen LogP contribution in [0.3, 0.4) is 0 Å². The van der Waals surface area contributed by atoms with Crippen molar-refractivity contribution >= 4 is 53.4 Å². The van der Waals surface area contributed by atoms with Crippen LogP contribution in [-0.4, -0.2) is 32.5 Å². The van der Waals surface area contributed by atoms with Crippen molar-refractivity contribution in [2.24, 2.45) is 0 Å². The molecule has 0 unspecified atom stereocenters. The molecular weight excluding hydrogens is 819 g/mol. The normalized spacial score (nSPS) is 12.9. The summed E-state index contributed by atoms with van der Waals surface area (Å²) in [4.78, 5) is 15.6. The minimum atomic E-state index is -3.71. The molecule has 7 nitrogen and oxygen atoms in total. The number of aromatic nitrogens is 5. The minimum Gasteiger partial charge on any atom is -0.309 e. The number of fused-ring (bicyclic) bond motifs is 9. The highest BCUT2D eigenvalue weighted by Crippen LogP contribution is 2.45. The average Bonchev–Trinajstić information content (AvgIpc) is 3.96. The maximum Gasteiger partial charge on any atom is 0.207 e. The number of benzene rings is 9. The van der Waals surface area contributed by atoms with E-state index in [0.717, 1.165) is 55.4 Å². The van der Waals surface area contributed by atoms with Crippen LogP contribution in [0.2, 0.25) is 0 Å². The van der Waals surface area contributed by atoms with Gasteiger partial charge in [0, 0.05) is 60.7 Å². The van der Waals surface area contributed by atoms with E-state index in [1.54, 1.807) is 18.2 Å². The molecule has 0 aliphatic carbocycles. The van der Waals surface area contributed by atoms with E-state index in [2.05, 4.69) is 137 Å². The molecule has 8 heteroatoms. The second-order valence-corrected chi connectivity index (χ2v) is 18.3. The minimum absolute atomic E-state index is 0.257. The van der Waals surface area contributed by atoms with Crippen LogP contribution in [0.15, 0.2) is 222 Å². The molecule has 9 aromatic carbocycles. The van der Waals surface area contributed by atoms with E-state index in [1.165, 1.54) is 21.8 Å². The molecular formula is C57H35N5O2S. The van der Waals surface area contributed by atoms with Crippen LogP contribution in [0.5, 0.6) is 0 Å². The standard InChI is InChI=1S/C57H35N5O2S/c63-65(64)53-25-12-9-22-45(53)46-29-26-40(35-54(46)65)57-59-55(36-14-3-1-4-15-36)58-56(60-57)39-16-13-19-42(32-39)62-50-24-11-8-21-44(50)48-34-38(28-31-52(48)62)37-27-30-51-47(33-37)43-20-7-10-23-49(43)61(51)41-17-5-2-6-18-41/h1-35H. The molecule has 1 aliphatic heterocycles. The summed E-state index contributed by atoms with van der Waals surface area (Å²) < 4.78 is 32.1. The molecule has 0 fully saturated rings. The molecule has 12 aromatic rings. The predicted molar refractivity (Wildman–Crippen MR) is 261 cm³/mol. The molecule has 0 saturated heterocycles. The largest absolute Gasteiger partial charge is 0.309 e. The SMILES string of the molecule is O=S1(=O)c2ccccc2-c2ccc(-c3nc(-c4ccccc4)nc(-c4cccc(-n5c6ccccc6c6cc(-c7ccc8c(c7)c7ccccc7n8-c7ccccc7)ccc65)c4)n3)cc21. The Morgan fingerprint density at radius 2 is 0.769 bits per heavy atom. The van der Waals surface area contributed by atoms with Crippen molar-refractivity contribution in [1.82, 2.24) is 24.1 Å². The van der Waals surface area contributed by atoms with E-state index in [0.29, 0.717) is 39.1 Å². The summed E-state index contributed by atoms with van der Waals surface area (Å²) in [6.45, 7) is 0. The van der Waals surface area contributed by atoms with E-state index in [1.807, 2.05) is 66.7 Å². The summed E-state index contributed by atoms with van der Waals surface area (Å²) in [7, 11) is -3.71. The zero-order chi connectivity index (χ0) is 43.2. The highest BCUT2D eigenvalue weighted by molar-refractivity contribution is 7.92. The Kier molecular flexibility index (Phi) is 8.16. The van der Waals surface area contributed by atoms with Crippen LogP contribution in [-0.2, 0) is 9.84 Å². The summed E-state index contributed by atoms with van der Waals surface area (Å²) in [6.07, 6.45) is 0. The highest BCUT2D eigenvalue weighted by atomic mass is 32.2. The van der Waals surface area contributed by atoms with Gasteiger partial charge in [0.25, 0.3) is 0 Å². The van der Waals surface area contributed by atoms with Crippen molar-refractivity contribution in [2.45, 2.75) is 9.79 Å². The van der Waals surface area contributed by atoms with Gasteiger partial charge in [-0.2, -0.15) is 0 Å². The van der Waals surface area contributed by atoms with Crippen LogP contribution in [0, 0.1) is 0 Å². The van der Waals surface area contributed by atoms with Crippen molar-refractivity contribution in [1.29, 1.82) is 0 Å². The van der Waals surface area contributed by atoms with E-state index >= 15 is 0 Å². The Hall–Kier alpha value is -8.46. The van der Waals surface area contributed by atoms with Crippen molar-refractivity contribution in [3.8, 4) is 67.8 Å². The molecule has 0 saturated carbocycles. The Bertz CT molecular complexity index is 4030. The molecule has 306 valence electrons. The quantitative estimate of drug-likeness (QED) is 0.166. The van der Waals surface area contributed by atoms with Crippen LogP contribution in [0.4, 0.5) is 0 Å². The van der Waals surface area contributed by atoms with Gasteiger partial charge in [-0.1, -0.05) is 140 Å². The Morgan fingerprint density at radius 1 is 0.308 bits per heavy atom. The molecule has 0 radical (unpaired) electrons. The second-order valence-electron chi connectivity index (χ2n) is 16.4. The van der Waals surface area contributed by atoms with E-state index in [4.69, 9.17) is 15.0 Å². The lowest BCUT2D eigenvalue weighted by Crippen LogP contribution is -2.02. The lowest BCUT2D eigenvalue weighted by molar-refractivity contribution is 0.598. The lowest BCUT2D eigenvalue weighted by atomic mass is 10.0. The molecule has 4 heterocycles. The maximum absolute atomic E-state index is 13.7. The maximum atomic E-state index is 13.7. The number of hydrogen-bond donors (Lipinski definition) is 0. The Labute approximate surface area is 374 Å². The summed E-state index contributed by atoms with van der Waals surface area (Å²) in [5.41, 5.74) is 12.5. The number of nitrogens with zero attached hydrogens (tertiary/aromatic N) is 5. The fourth-order valence-electron chi connectivity index (χ4n) is 9.72. The molecule has 0 bridgehead atoms. The number of hydrogen-bond acceptors (Lipinski definition) is 5. The zero-order valence-corrected chi connectivity index (χ0v) is 35.5. The van der Waals surface area contributed by atoms with E-state index in [9.17, 15) is 8.42 Å². The first kappa shape index (κ1) is 37.1. The Balaban J connectivity index is 0.933. The first-order chi connectivity index (χ1) is 32.0. The molecule has 0 atom stereocenters. The summed E-state index contributed by atoms with van der Waals surface area (Å²) in [5, 5.41) is 4.74. The third-order valence-corrected chi connectivity index (χ3v) is 14.6. The smallest absolute Gasteiger partial charge is 0.207 e. The number of sulfone groups is 1. The molecule has 13 rings (SSSR count). The van der Waals surface area contributed by atoms with Crippen molar-refractivity contribution in [3.05, 3.63) is 212 Å². The summed E-state index contributed by atoms with van der Waals surface area (Å²) in [5.74, 6) is 1.37. The highest BCUT2D eigenvalue weighted by Gasteiger charge is 2.33. The second kappa shape index (κ2) is 14.3. The molecule has 0 amide bonds. The monoisotopic (exact) mass is 853 g/mol. The van der Waals surface area contributed by atoms with Crippen LogP contribution >= 0.6 is 0 Å². The van der Waals surface area contributed by atoms with Gasteiger partial charge < -0.3 is 9.13 Å². The van der Waals surface area contributed by atoms with Gasteiger partial charge >= 0.3 is 0 Å². The topological polar surface area (TPSA) is 82.7 Å². The van der Waals surface area contributed by atoms with Crippen molar-refractivity contribution in [3.63, 3.8) is 0 Å². The molecule has 0 spiro atoms. The fourth-order valence-corrected chi connectivity index (χ4v) is 11.4. The first-order valence-electron chi connectivity index (χ1n) is 21.5. The van der Waals surface area contributed by atoms with Gasteiger partial charge in [0.15, 0.2) is 17.5 Å². The molecule has 65 heavy (non-hydrogen) atoms. The van der Waals surface area contributed by atoms with Gasteiger partial charge in [-0.15, -0.1) is 0 Å². The van der Waals surface area contributed by atoms with Gasteiger partial charge in [-0.25, -0.2) is 23.4 Å². The number of para-hydroxylation sites is 3. The van der Waals surface area contributed by atoms with E-state index < -0.39 is 9.84 Å². The molecule has 3 aromatic heterocycles. The van der Waals surface area contributed by atoms with Crippen molar-refractivity contribution < 1.29 is 8.42 Å². The first-order valence-corrected chi connectivity index (χ1v) is 23.0. The fraction of sp³-hybridized carbons (Fsp3) is 0. The predicted octanol–water partition coefficient (Wildman–Crippen LogP) is 13.5. The number of rotatable bonds is 6. The molecule has 1 aliphatic rings. The summed E-state index contributed by atoms with van der Waals surface area (Å²) in [6, 6.07) is 71.9. The van der Waals surface area contributed by atoms with Gasteiger partial charge in [-0.05, 0) is 83.9 Å². The van der Waals surface area contributed by atoms with Crippen LogP contribution < -0.4 is 0 Å². The van der Waals surface area contributed by atoms with Gasteiger partial charge in [0.2, 0.25) is 9.84 Å². The van der Waals surface area contributed by atoms with E-state index in [-0.39, 0.29) is 4.90 Å². The third kappa shape index (κ3) is 5.81.